The first-order chi connectivity index (χ1) is 13.2. The van der Waals surface area contributed by atoms with Gasteiger partial charge < -0.3 is 20.1 Å². The van der Waals surface area contributed by atoms with Crippen LogP contribution in [0.1, 0.15) is 42.7 Å². The van der Waals surface area contributed by atoms with E-state index in [-0.39, 0.29) is 0 Å². The van der Waals surface area contributed by atoms with E-state index in [4.69, 9.17) is 0 Å². The van der Waals surface area contributed by atoms with Crippen molar-refractivity contribution >= 4 is 10.9 Å². The Kier molecular flexibility index (Phi) is 5.35. The first-order valence-electron chi connectivity index (χ1n) is 9.99. The number of nitrogens with zero attached hydrogens (tertiary/aromatic N) is 1. The zero-order valence-corrected chi connectivity index (χ0v) is 15.7. The summed E-state index contributed by atoms with van der Waals surface area (Å²) in [5, 5.41) is 20.5. The second-order valence-corrected chi connectivity index (χ2v) is 7.74. The topological polar surface area (TPSA) is 59.5 Å². The Morgan fingerprint density at radius 3 is 2.81 bits per heavy atom. The number of unbranched alkanes of at least 4 members (excludes halogenated alkanes) is 1. The summed E-state index contributed by atoms with van der Waals surface area (Å²) in [7, 11) is 0. The Balaban J connectivity index is 1.27. The van der Waals surface area contributed by atoms with Crippen molar-refractivity contribution in [1.29, 1.82) is 0 Å². The van der Waals surface area contributed by atoms with Crippen LogP contribution >= 0.6 is 0 Å². The number of fused-ring (bicyclic) bond motifs is 1. The maximum absolute atomic E-state index is 9.73. The minimum absolute atomic E-state index is 0.308. The van der Waals surface area contributed by atoms with E-state index in [0.29, 0.717) is 17.4 Å². The minimum Gasteiger partial charge on any atom is -0.508 e. The molecule has 1 saturated heterocycles. The summed E-state index contributed by atoms with van der Waals surface area (Å²) in [4.78, 5) is 5.83. The molecule has 3 N–H and O–H groups in total. The molecule has 3 aromatic rings. The highest BCUT2D eigenvalue weighted by Crippen LogP contribution is 2.29. The van der Waals surface area contributed by atoms with Crippen LogP contribution in [0.5, 0.6) is 11.5 Å². The van der Waals surface area contributed by atoms with Gasteiger partial charge in [0, 0.05) is 29.7 Å². The standard InChI is InChI=1S/C23H28N2O2/c26-20-8-3-6-17(13-20)19-7-4-12-25(16-19)11-2-1-5-18-15-24-23-14-21(27)9-10-22(18)23/h3,6,8-10,13-15,19,24,26-27H,1-2,4-5,7,11-12,16H2. The van der Waals surface area contributed by atoms with Crippen molar-refractivity contribution in [3.05, 3.63) is 59.8 Å². The van der Waals surface area contributed by atoms with Crippen molar-refractivity contribution in [2.24, 2.45) is 0 Å². The summed E-state index contributed by atoms with van der Waals surface area (Å²) in [6, 6.07) is 13.3. The highest BCUT2D eigenvalue weighted by molar-refractivity contribution is 5.84. The monoisotopic (exact) mass is 364 g/mol. The average molecular weight is 364 g/mol. The molecule has 142 valence electrons. The van der Waals surface area contributed by atoms with Gasteiger partial charge >= 0.3 is 0 Å². The molecule has 1 unspecified atom stereocenters. The van der Waals surface area contributed by atoms with Gasteiger partial charge in [-0.15, -0.1) is 0 Å². The summed E-state index contributed by atoms with van der Waals surface area (Å²) < 4.78 is 0. The average Bonchev–Trinajstić information content (AvgIpc) is 3.07. The first kappa shape index (κ1) is 17.9. The van der Waals surface area contributed by atoms with Crippen LogP contribution in [0.2, 0.25) is 0 Å². The zero-order valence-electron chi connectivity index (χ0n) is 15.7. The Bertz CT molecular complexity index is 902. The fraction of sp³-hybridized carbons (Fsp3) is 0.391. The molecule has 0 radical (unpaired) electrons. The molecule has 1 atom stereocenters. The lowest BCUT2D eigenvalue weighted by atomic mass is 9.90. The van der Waals surface area contributed by atoms with Gasteiger partial charge in [-0.3, -0.25) is 0 Å². The number of nitrogens with one attached hydrogen (secondary N) is 1. The minimum atomic E-state index is 0.308. The van der Waals surface area contributed by atoms with Crippen molar-refractivity contribution in [2.45, 2.75) is 38.0 Å². The summed E-state index contributed by atoms with van der Waals surface area (Å²) >= 11 is 0. The van der Waals surface area contributed by atoms with E-state index < -0.39 is 0 Å². The molecule has 0 bridgehead atoms. The van der Waals surface area contributed by atoms with E-state index in [2.05, 4.69) is 22.1 Å². The number of hydrogen-bond donors (Lipinski definition) is 3. The van der Waals surface area contributed by atoms with Crippen LogP contribution in [0.3, 0.4) is 0 Å². The number of aromatic hydroxyl groups is 2. The Morgan fingerprint density at radius 2 is 1.93 bits per heavy atom. The van der Waals surface area contributed by atoms with Crippen molar-refractivity contribution in [3.8, 4) is 11.5 Å². The van der Waals surface area contributed by atoms with Gasteiger partial charge in [-0.1, -0.05) is 12.1 Å². The van der Waals surface area contributed by atoms with Gasteiger partial charge in [0.1, 0.15) is 11.5 Å². The van der Waals surface area contributed by atoms with Crippen molar-refractivity contribution in [1.82, 2.24) is 9.88 Å². The van der Waals surface area contributed by atoms with Crippen molar-refractivity contribution < 1.29 is 10.2 Å². The van der Waals surface area contributed by atoms with Crippen LogP contribution in [-0.2, 0) is 6.42 Å². The molecule has 1 fully saturated rings. The van der Waals surface area contributed by atoms with E-state index in [9.17, 15) is 10.2 Å². The molecule has 0 saturated carbocycles. The van der Waals surface area contributed by atoms with E-state index in [1.165, 1.54) is 48.7 Å². The fourth-order valence-electron chi connectivity index (χ4n) is 4.34. The largest absolute Gasteiger partial charge is 0.508 e. The van der Waals surface area contributed by atoms with Gasteiger partial charge in [0.15, 0.2) is 0 Å². The third-order valence-corrected chi connectivity index (χ3v) is 5.77. The van der Waals surface area contributed by atoms with Crippen LogP contribution in [0.4, 0.5) is 0 Å². The number of hydrogen-bond acceptors (Lipinski definition) is 3. The Morgan fingerprint density at radius 1 is 1.04 bits per heavy atom. The number of H-pyrrole nitrogens is 1. The van der Waals surface area contributed by atoms with Crippen LogP contribution < -0.4 is 0 Å². The number of aryl methyl sites for hydroxylation is 1. The molecule has 4 heteroatoms. The SMILES string of the molecule is Oc1cccc(C2CCCN(CCCCc3c[nH]c4cc(O)ccc34)C2)c1. The summed E-state index contributed by atoms with van der Waals surface area (Å²) in [6.45, 7) is 3.41. The van der Waals surface area contributed by atoms with Crippen LogP contribution in [0.25, 0.3) is 10.9 Å². The van der Waals surface area contributed by atoms with Gasteiger partial charge in [0.2, 0.25) is 0 Å². The van der Waals surface area contributed by atoms with Crippen LogP contribution in [-0.4, -0.2) is 39.7 Å². The number of piperidine rings is 1. The molecule has 0 aliphatic carbocycles. The lowest BCUT2D eigenvalue weighted by Gasteiger charge is -2.33. The van der Waals surface area contributed by atoms with Gasteiger partial charge in [0.25, 0.3) is 0 Å². The molecule has 1 aromatic heterocycles. The predicted molar refractivity (Wildman–Crippen MR) is 109 cm³/mol. The van der Waals surface area contributed by atoms with Crippen LogP contribution in [0, 0.1) is 0 Å². The molecule has 4 rings (SSSR count). The third-order valence-electron chi connectivity index (χ3n) is 5.77. The quantitative estimate of drug-likeness (QED) is 0.552. The third kappa shape index (κ3) is 4.28. The highest BCUT2D eigenvalue weighted by Gasteiger charge is 2.21. The number of phenolic OH excluding ortho intramolecular Hbond substituents is 2. The van der Waals surface area contributed by atoms with Gasteiger partial charge in [0.05, 0.1) is 0 Å². The number of likely N-dealkylation sites (tertiary alicyclic amines) is 1. The van der Waals surface area contributed by atoms with E-state index >= 15 is 0 Å². The smallest absolute Gasteiger partial charge is 0.117 e. The van der Waals surface area contributed by atoms with E-state index in [1.54, 1.807) is 18.2 Å². The number of aromatic amines is 1. The molecule has 0 spiro atoms. The van der Waals surface area contributed by atoms with Gasteiger partial charge in [-0.25, -0.2) is 0 Å². The molecule has 0 amide bonds. The number of rotatable bonds is 6. The second kappa shape index (κ2) is 8.05. The summed E-state index contributed by atoms with van der Waals surface area (Å²) in [5.41, 5.74) is 3.61. The summed E-state index contributed by atoms with van der Waals surface area (Å²) in [6.07, 6.45) is 7.94. The second-order valence-electron chi connectivity index (χ2n) is 7.74. The molecular weight excluding hydrogens is 336 g/mol. The zero-order chi connectivity index (χ0) is 18.6. The van der Waals surface area contributed by atoms with E-state index in [0.717, 1.165) is 25.0 Å². The molecule has 2 heterocycles. The van der Waals surface area contributed by atoms with Gasteiger partial charge in [-0.05, 0) is 86.5 Å². The summed E-state index contributed by atoms with van der Waals surface area (Å²) in [5.74, 6) is 1.21. The molecule has 1 aliphatic rings. The highest BCUT2D eigenvalue weighted by atomic mass is 16.3. The number of phenols is 2. The molecule has 1 aliphatic heterocycles. The molecule has 2 aromatic carbocycles. The Hall–Kier alpha value is -2.46. The molecular formula is C23H28N2O2. The lowest BCUT2D eigenvalue weighted by molar-refractivity contribution is 0.204. The molecule has 4 nitrogen and oxygen atoms in total. The van der Waals surface area contributed by atoms with Crippen molar-refractivity contribution in [2.75, 3.05) is 19.6 Å². The Labute approximate surface area is 160 Å². The lowest BCUT2D eigenvalue weighted by Crippen LogP contribution is -2.35. The predicted octanol–water partition coefficient (Wildman–Crippen LogP) is 4.78. The number of benzene rings is 2. The fourth-order valence-corrected chi connectivity index (χ4v) is 4.34. The van der Waals surface area contributed by atoms with Crippen LogP contribution in [0.15, 0.2) is 48.7 Å². The number of aromatic nitrogens is 1. The first-order valence-corrected chi connectivity index (χ1v) is 9.99. The van der Waals surface area contributed by atoms with E-state index in [1.807, 2.05) is 18.2 Å². The van der Waals surface area contributed by atoms with Crippen molar-refractivity contribution in [3.63, 3.8) is 0 Å². The maximum Gasteiger partial charge on any atom is 0.117 e. The van der Waals surface area contributed by atoms with Gasteiger partial charge in [-0.2, -0.15) is 0 Å². The normalized spacial score (nSPS) is 18.1. The molecule has 27 heavy (non-hydrogen) atoms. The maximum atomic E-state index is 9.73.